The molecular formula is C20H20ClN3OS. The van der Waals surface area contributed by atoms with Gasteiger partial charge in [-0.05, 0) is 29.7 Å². The Kier molecular flexibility index (Phi) is 5.51. The molecule has 1 aromatic carbocycles. The predicted molar refractivity (Wildman–Crippen MR) is 112 cm³/mol. The van der Waals surface area contributed by atoms with Crippen LogP contribution < -0.4 is 11.2 Å². The number of thiol groups is 1. The first-order valence-corrected chi connectivity index (χ1v) is 9.09. The summed E-state index contributed by atoms with van der Waals surface area (Å²) in [6.07, 6.45) is 4.10. The van der Waals surface area contributed by atoms with Crippen LogP contribution in [0.2, 0.25) is 5.02 Å². The summed E-state index contributed by atoms with van der Waals surface area (Å²) in [5.41, 5.74) is 9.59. The zero-order chi connectivity index (χ0) is 18.8. The second-order valence-corrected chi connectivity index (χ2v) is 7.16. The molecule has 0 aliphatic rings. The van der Waals surface area contributed by atoms with Gasteiger partial charge in [0.05, 0.1) is 10.9 Å². The van der Waals surface area contributed by atoms with E-state index in [1.807, 2.05) is 35.8 Å². The van der Waals surface area contributed by atoms with Crippen molar-refractivity contribution in [3.05, 3.63) is 80.7 Å². The topological polar surface area (TPSA) is 60.9 Å². The standard InChI is InChI=1S/C20H20ClN3OS/c1-12-4-3-5-15(18(12)21)8-14-9-16-19(25)17(13(2)26)11-24(7-6-22)20(16)23-10-14/h3-5,9-11,26H,2,6-8,22H2,1H3. The minimum Gasteiger partial charge on any atom is -0.330 e. The van der Waals surface area contributed by atoms with Crippen molar-refractivity contribution in [3.8, 4) is 0 Å². The van der Waals surface area contributed by atoms with Gasteiger partial charge in [0, 0.05) is 41.8 Å². The number of rotatable bonds is 5. The Morgan fingerprint density at radius 2 is 2.19 bits per heavy atom. The maximum atomic E-state index is 12.8. The molecule has 0 atom stereocenters. The number of benzene rings is 1. The lowest BCUT2D eigenvalue weighted by Crippen LogP contribution is -2.18. The monoisotopic (exact) mass is 385 g/mol. The molecule has 0 bridgehead atoms. The molecule has 3 rings (SSSR count). The molecule has 0 radical (unpaired) electrons. The van der Waals surface area contributed by atoms with Crippen LogP contribution in [-0.4, -0.2) is 16.1 Å². The molecule has 2 heterocycles. The zero-order valence-corrected chi connectivity index (χ0v) is 16.1. The van der Waals surface area contributed by atoms with Crippen molar-refractivity contribution in [3.63, 3.8) is 0 Å². The van der Waals surface area contributed by atoms with Crippen LogP contribution in [-0.2, 0) is 13.0 Å². The van der Waals surface area contributed by atoms with Crippen LogP contribution in [0.3, 0.4) is 0 Å². The summed E-state index contributed by atoms with van der Waals surface area (Å²) in [4.78, 5) is 17.8. The molecule has 0 fully saturated rings. The highest BCUT2D eigenvalue weighted by molar-refractivity contribution is 7.90. The second-order valence-electron chi connectivity index (χ2n) is 6.24. The third-order valence-corrected chi connectivity index (χ3v) is 5.10. The van der Waals surface area contributed by atoms with Crippen LogP contribution in [0.4, 0.5) is 0 Å². The minimum atomic E-state index is -0.127. The molecule has 0 aliphatic carbocycles. The molecule has 3 aromatic rings. The third-order valence-electron chi connectivity index (χ3n) is 4.32. The normalized spacial score (nSPS) is 11.1. The van der Waals surface area contributed by atoms with Gasteiger partial charge in [-0.3, -0.25) is 4.79 Å². The predicted octanol–water partition coefficient (Wildman–Crippen LogP) is 3.81. The summed E-state index contributed by atoms with van der Waals surface area (Å²) in [5.74, 6) is 0. The number of hydrogen-bond donors (Lipinski definition) is 2. The lowest BCUT2D eigenvalue weighted by molar-refractivity contribution is 0.719. The molecule has 0 aliphatic heterocycles. The Balaban J connectivity index is 2.15. The Morgan fingerprint density at radius 1 is 1.42 bits per heavy atom. The molecular weight excluding hydrogens is 366 g/mol. The number of aromatic nitrogens is 2. The van der Waals surface area contributed by atoms with Gasteiger partial charge < -0.3 is 10.3 Å². The highest BCUT2D eigenvalue weighted by atomic mass is 35.5. The van der Waals surface area contributed by atoms with Crippen LogP contribution in [0.15, 0.2) is 48.0 Å². The number of nitrogens with zero attached hydrogens (tertiary/aromatic N) is 2. The van der Waals surface area contributed by atoms with E-state index in [9.17, 15) is 4.79 Å². The number of hydrogen-bond acceptors (Lipinski definition) is 4. The first kappa shape index (κ1) is 18.7. The first-order chi connectivity index (χ1) is 12.4. The van der Waals surface area contributed by atoms with Gasteiger partial charge in [-0.2, -0.15) is 0 Å². The van der Waals surface area contributed by atoms with Gasteiger partial charge in [-0.1, -0.05) is 36.4 Å². The highest BCUT2D eigenvalue weighted by Crippen LogP contribution is 2.24. The van der Waals surface area contributed by atoms with Crippen molar-refractivity contribution >= 4 is 40.2 Å². The van der Waals surface area contributed by atoms with Gasteiger partial charge in [-0.25, -0.2) is 4.98 Å². The second kappa shape index (κ2) is 7.66. The van der Waals surface area contributed by atoms with Crippen LogP contribution in [0.5, 0.6) is 0 Å². The summed E-state index contributed by atoms with van der Waals surface area (Å²) >= 11 is 10.7. The van der Waals surface area contributed by atoms with Gasteiger partial charge in [0.15, 0.2) is 5.43 Å². The van der Waals surface area contributed by atoms with E-state index in [-0.39, 0.29) is 5.43 Å². The average Bonchev–Trinajstić information content (AvgIpc) is 2.61. The summed E-state index contributed by atoms with van der Waals surface area (Å²) in [6, 6.07) is 7.80. The van der Waals surface area contributed by atoms with Crippen molar-refractivity contribution in [1.82, 2.24) is 9.55 Å². The maximum Gasteiger partial charge on any atom is 0.199 e. The van der Waals surface area contributed by atoms with Gasteiger partial charge in [0.25, 0.3) is 0 Å². The van der Waals surface area contributed by atoms with E-state index in [1.54, 1.807) is 12.4 Å². The summed E-state index contributed by atoms with van der Waals surface area (Å²) in [7, 11) is 0. The molecule has 2 N–H and O–H groups in total. The SMILES string of the molecule is C=C(S)c1cn(CCN)c2ncc(Cc3cccc(C)c3Cl)cc2c1=O. The van der Waals surface area contributed by atoms with Gasteiger partial charge in [0.2, 0.25) is 0 Å². The van der Waals surface area contributed by atoms with Crippen LogP contribution >= 0.6 is 24.2 Å². The molecule has 6 heteroatoms. The number of halogens is 1. The van der Waals surface area contributed by atoms with E-state index >= 15 is 0 Å². The van der Waals surface area contributed by atoms with E-state index in [4.69, 9.17) is 17.3 Å². The van der Waals surface area contributed by atoms with Gasteiger partial charge in [-0.15, -0.1) is 12.6 Å². The fourth-order valence-electron chi connectivity index (χ4n) is 2.99. The van der Waals surface area contributed by atoms with E-state index in [1.165, 1.54) is 0 Å². The number of fused-ring (bicyclic) bond motifs is 1. The number of nitrogens with two attached hydrogens (primary N) is 1. The number of aryl methyl sites for hydroxylation is 1. The molecule has 0 amide bonds. The van der Waals surface area contributed by atoms with Gasteiger partial charge in [0.1, 0.15) is 5.65 Å². The summed E-state index contributed by atoms with van der Waals surface area (Å²) < 4.78 is 1.87. The Labute approximate surface area is 162 Å². The van der Waals surface area contributed by atoms with E-state index in [0.717, 1.165) is 21.7 Å². The lowest BCUT2D eigenvalue weighted by Gasteiger charge is -2.13. The Hall–Kier alpha value is -2.08. The van der Waals surface area contributed by atoms with Crippen LogP contribution in [0.1, 0.15) is 22.3 Å². The summed E-state index contributed by atoms with van der Waals surface area (Å²) in [6.45, 7) is 6.76. The molecule has 26 heavy (non-hydrogen) atoms. The van der Waals surface area contributed by atoms with E-state index < -0.39 is 0 Å². The Bertz CT molecular complexity index is 1060. The summed E-state index contributed by atoms with van der Waals surface area (Å²) in [5, 5.41) is 1.28. The molecule has 0 saturated carbocycles. The molecule has 134 valence electrons. The first-order valence-electron chi connectivity index (χ1n) is 8.26. The van der Waals surface area contributed by atoms with Crippen molar-refractivity contribution < 1.29 is 0 Å². The van der Waals surface area contributed by atoms with Crippen molar-refractivity contribution in [2.75, 3.05) is 6.54 Å². The smallest absolute Gasteiger partial charge is 0.199 e. The van der Waals surface area contributed by atoms with Gasteiger partial charge >= 0.3 is 0 Å². The quantitative estimate of drug-likeness (QED) is 0.656. The average molecular weight is 386 g/mol. The third kappa shape index (κ3) is 3.56. The van der Waals surface area contributed by atoms with Crippen molar-refractivity contribution in [2.45, 2.75) is 19.9 Å². The minimum absolute atomic E-state index is 0.127. The molecule has 0 unspecified atom stereocenters. The van der Waals surface area contributed by atoms with E-state index in [0.29, 0.717) is 41.0 Å². The number of pyridine rings is 2. The van der Waals surface area contributed by atoms with Crippen molar-refractivity contribution in [1.29, 1.82) is 0 Å². The van der Waals surface area contributed by atoms with Crippen molar-refractivity contribution in [2.24, 2.45) is 5.73 Å². The molecule has 0 saturated heterocycles. The largest absolute Gasteiger partial charge is 0.330 e. The van der Waals surface area contributed by atoms with Crippen LogP contribution in [0, 0.1) is 6.92 Å². The highest BCUT2D eigenvalue weighted by Gasteiger charge is 2.13. The zero-order valence-electron chi connectivity index (χ0n) is 14.5. The maximum absolute atomic E-state index is 12.8. The Morgan fingerprint density at radius 3 is 2.88 bits per heavy atom. The molecule has 0 spiro atoms. The molecule has 2 aromatic heterocycles. The van der Waals surface area contributed by atoms with E-state index in [2.05, 4.69) is 24.2 Å². The fourth-order valence-corrected chi connectivity index (χ4v) is 3.35. The lowest BCUT2D eigenvalue weighted by atomic mass is 10.0. The van der Waals surface area contributed by atoms with Crippen LogP contribution in [0.25, 0.3) is 15.9 Å². The molecule has 4 nitrogen and oxygen atoms in total. The fraction of sp³-hybridized carbons (Fsp3) is 0.200.